The Morgan fingerprint density at radius 2 is 1.58 bits per heavy atom. The highest BCUT2D eigenvalue weighted by atomic mass is 32.2. The summed E-state index contributed by atoms with van der Waals surface area (Å²) in [5.41, 5.74) is 3.25. The lowest BCUT2D eigenvalue weighted by atomic mass is 10.2. The highest BCUT2D eigenvalue weighted by Crippen LogP contribution is 2.46. The Morgan fingerprint density at radius 1 is 0.958 bits per heavy atom. The Hall–Kier alpha value is -1.89. The van der Waals surface area contributed by atoms with E-state index in [0.29, 0.717) is 13.2 Å². The van der Waals surface area contributed by atoms with E-state index < -0.39 is 0 Å². The van der Waals surface area contributed by atoms with Gasteiger partial charge in [-0.2, -0.15) is 0 Å². The lowest BCUT2D eigenvalue weighted by molar-refractivity contribution is 0.190. The summed E-state index contributed by atoms with van der Waals surface area (Å²) in [5, 5.41) is 13.1. The third-order valence-corrected chi connectivity index (χ3v) is 5.03. The highest BCUT2D eigenvalue weighted by Gasteiger charge is 2.18. The second-order valence-corrected chi connectivity index (χ2v) is 6.64. The normalized spacial score (nSPS) is 12.2. The molecule has 0 atom stereocenters. The van der Waals surface area contributed by atoms with E-state index in [1.54, 1.807) is 38.1 Å². The fourth-order valence-corrected chi connectivity index (χ4v) is 3.68. The van der Waals surface area contributed by atoms with Gasteiger partial charge in [0.25, 0.3) is 0 Å². The first kappa shape index (κ1) is 17.0. The van der Waals surface area contributed by atoms with Crippen molar-refractivity contribution in [2.24, 2.45) is 0 Å². The molecule has 0 bridgehead atoms. The Kier molecular flexibility index (Phi) is 5.50. The second kappa shape index (κ2) is 7.79. The molecule has 128 valence electrons. The lowest BCUT2D eigenvalue weighted by Gasteiger charge is -2.27. The SMILES string of the molecule is COCCN(CCOC)c1ccc2c(c1)Sc1cc(O)ccc1N2. The van der Waals surface area contributed by atoms with Gasteiger partial charge in [0.15, 0.2) is 0 Å². The number of anilines is 3. The standard InChI is InChI=1S/C18H22N2O3S/c1-22-9-7-20(8-10-23-2)13-3-5-15-17(11-13)24-18-12-14(21)4-6-16(18)19-15/h3-6,11-12,19,21H,7-10H2,1-2H3. The molecule has 0 saturated carbocycles. The summed E-state index contributed by atoms with van der Waals surface area (Å²) in [7, 11) is 3.43. The Balaban J connectivity index is 1.83. The molecule has 2 aromatic rings. The Bertz CT molecular complexity index is 701. The summed E-state index contributed by atoms with van der Waals surface area (Å²) in [6.45, 7) is 2.97. The molecule has 5 nitrogen and oxygen atoms in total. The van der Waals surface area contributed by atoms with E-state index in [9.17, 15) is 5.11 Å². The number of aromatic hydroxyl groups is 1. The molecule has 2 N–H and O–H groups in total. The minimum atomic E-state index is 0.282. The largest absolute Gasteiger partial charge is 0.508 e. The van der Waals surface area contributed by atoms with E-state index in [1.807, 2.05) is 6.07 Å². The van der Waals surface area contributed by atoms with Gasteiger partial charge in [0.05, 0.1) is 24.6 Å². The minimum absolute atomic E-state index is 0.282. The number of nitrogens with one attached hydrogen (secondary N) is 1. The van der Waals surface area contributed by atoms with Crippen molar-refractivity contribution in [3.8, 4) is 5.75 Å². The van der Waals surface area contributed by atoms with Crippen molar-refractivity contribution in [2.75, 3.05) is 50.7 Å². The number of nitrogens with zero attached hydrogens (tertiary/aromatic N) is 1. The van der Waals surface area contributed by atoms with Gasteiger partial charge in [0.1, 0.15) is 5.75 Å². The van der Waals surface area contributed by atoms with E-state index in [4.69, 9.17) is 9.47 Å². The molecule has 24 heavy (non-hydrogen) atoms. The molecule has 0 radical (unpaired) electrons. The highest BCUT2D eigenvalue weighted by molar-refractivity contribution is 7.99. The molecule has 0 fully saturated rings. The van der Waals surface area contributed by atoms with Crippen LogP contribution in [0.5, 0.6) is 5.75 Å². The molecular weight excluding hydrogens is 324 g/mol. The van der Waals surface area contributed by atoms with E-state index in [-0.39, 0.29) is 5.75 Å². The Morgan fingerprint density at radius 3 is 2.25 bits per heavy atom. The van der Waals surface area contributed by atoms with Crippen molar-refractivity contribution in [3.05, 3.63) is 36.4 Å². The molecule has 0 spiro atoms. The maximum Gasteiger partial charge on any atom is 0.116 e. The van der Waals surface area contributed by atoms with Gasteiger partial charge >= 0.3 is 0 Å². The summed E-state index contributed by atoms with van der Waals surface area (Å²) in [4.78, 5) is 4.43. The summed E-state index contributed by atoms with van der Waals surface area (Å²) in [6.07, 6.45) is 0. The number of hydrogen-bond donors (Lipinski definition) is 2. The van der Waals surface area contributed by atoms with Crippen LogP contribution in [0.15, 0.2) is 46.2 Å². The van der Waals surface area contributed by atoms with Crippen LogP contribution in [0, 0.1) is 0 Å². The van der Waals surface area contributed by atoms with Gasteiger partial charge in [-0.15, -0.1) is 0 Å². The van der Waals surface area contributed by atoms with Crippen molar-refractivity contribution < 1.29 is 14.6 Å². The van der Waals surface area contributed by atoms with E-state index in [0.717, 1.165) is 39.9 Å². The molecule has 6 heteroatoms. The number of ether oxygens (including phenoxy) is 2. The number of phenolic OH excluding ortho intramolecular Hbond substituents is 1. The summed E-state index contributed by atoms with van der Waals surface area (Å²) >= 11 is 1.66. The van der Waals surface area contributed by atoms with Crippen molar-refractivity contribution >= 4 is 28.8 Å². The second-order valence-electron chi connectivity index (χ2n) is 5.56. The van der Waals surface area contributed by atoms with E-state index >= 15 is 0 Å². The van der Waals surface area contributed by atoms with Crippen molar-refractivity contribution in [1.29, 1.82) is 0 Å². The summed E-state index contributed by atoms with van der Waals surface area (Å²) in [5.74, 6) is 0.282. The van der Waals surface area contributed by atoms with Crippen LogP contribution in [0.1, 0.15) is 0 Å². The molecule has 0 saturated heterocycles. The predicted molar refractivity (Wildman–Crippen MR) is 97.9 cm³/mol. The van der Waals surface area contributed by atoms with Gasteiger partial charge < -0.3 is 24.8 Å². The molecule has 0 amide bonds. The number of hydrogen-bond acceptors (Lipinski definition) is 6. The fourth-order valence-electron chi connectivity index (χ4n) is 2.63. The molecule has 3 rings (SSSR count). The third-order valence-electron chi connectivity index (χ3n) is 3.92. The van der Waals surface area contributed by atoms with E-state index in [2.05, 4.69) is 28.4 Å². The zero-order valence-electron chi connectivity index (χ0n) is 13.9. The fraction of sp³-hybridized carbons (Fsp3) is 0.333. The summed E-state index contributed by atoms with van der Waals surface area (Å²) in [6, 6.07) is 11.8. The zero-order chi connectivity index (χ0) is 16.9. The van der Waals surface area contributed by atoms with Crippen LogP contribution in [0.3, 0.4) is 0 Å². The average molecular weight is 346 g/mol. The topological polar surface area (TPSA) is 54.0 Å². The van der Waals surface area contributed by atoms with Gasteiger partial charge in [-0.05, 0) is 36.4 Å². The van der Waals surface area contributed by atoms with Gasteiger partial charge in [-0.25, -0.2) is 0 Å². The van der Waals surface area contributed by atoms with Crippen LogP contribution in [0.4, 0.5) is 17.1 Å². The average Bonchev–Trinajstić information content (AvgIpc) is 2.59. The number of phenols is 1. The third kappa shape index (κ3) is 3.77. The number of rotatable bonds is 7. The maximum absolute atomic E-state index is 9.70. The monoisotopic (exact) mass is 346 g/mol. The van der Waals surface area contributed by atoms with E-state index in [1.165, 1.54) is 0 Å². The zero-order valence-corrected chi connectivity index (χ0v) is 14.7. The molecular formula is C18H22N2O3S. The molecule has 1 heterocycles. The molecule has 1 aliphatic heterocycles. The van der Waals surface area contributed by atoms with Crippen molar-refractivity contribution in [3.63, 3.8) is 0 Å². The maximum atomic E-state index is 9.70. The van der Waals surface area contributed by atoms with Crippen molar-refractivity contribution in [2.45, 2.75) is 9.79 Å². The van der Waals surface area contributed by atoms with Crippen LogP contribution < -0.4 is 10.2 Å². The van der Waals surface area contributed by atoms with Crippen LogP contribution in [0.2, 0.25) is 0 Å². The lowest BCUT2D eigenvalue weighted by Crippen LogP contribution is -2.30. The molecule has 0 aromatic heterocycles. The first-order valence-corrected chi connectivity index (χ1v) is 8.67. The van der Waals surface area contributed by atoms with Gasteiger partial charge in [-0.1, -0.05) is 11.8 Å². The predicted octanol–water partition coefficient (Wildman–Crippen LogP) is 3.70. The number of fused-ring (bicyclic) bond motifs is 2. The first-order chi connectivity index (χ1) is 11.7. The van der Waals surface area contributed by atoms with Gasteiger partial charge in [-0.3, -0.25) is 0 Å². The van der Waals surface area contributed by atoms with Crippen LogP contribution in [-0.4, -0.2) is 45.6 Å². The number of benzene rings is 2. The molecule has 1 aliphatic rings. The molecule has 0 unspecified atom stereocenters. The van der Waals surface area contributed by atoms with Crippen LogP contribution >= 0.6 is 11.8 Å². The number of methoxy groups -OCH3 is 2. The van der Waals surface area contributed by atoms with Gasteiger partial charge in [0.2, 0.25) is 0 Å². The quantitative estimate of drug-likeness (QED) is 0.636. The molecule has 2 aromatic carbocycles. The van der Waals surface area contributed by atoms with Crippen LogP contribution in [0.25, 0.3) is 0 Å². The first-order valence-electron chi connectivity index (χ1n) is 7.86. The Labute approximate surface area is 146 Å². The minimum Gasteiger partial charge on any atom is -0.508 e. The van der Waals surface area contributed by atoms with Crippen LogP contribution in [-0.2, 0) is 9.47 Å². The summed E-state index contributed by atoms with van der Waals surface area (Å²) < 4.78 is 10.4. The van der Waals surface area contributed by atoms with Crippen molar-refractivity contribution in [1.82, 2.24) is 0 Å². The smallest absolute Gasteiger partial charge is 0.116 e. The van der Waals surface area contributed by atoms with Gasteiger partial charge in [0, 0.05) is 42.8 Å². The molecule has 0 aliphatic carbocycles.